The number of rotatable bonds is 8. The van der Waals surface area contributed by atoms with E-state index in [4.69, 9.17) is 21.0 Å². The van der Waals surface area contributed by atoms with Crippen LogP contribution in [0.25, 0.3) is 0 Å². The van der Waals surface area contributed by atoms with Crippen molar-refractivity contribution < 1.29 is 14.2 Å². The second-order valence-electron chi connectivity index (χ2n) is 9.87. The van der Waals surface area contributed by atoms with Crippen LogP contribution in [0.2, 0.25) is 5.02 Å². The fraction of sp³-hybridized carbons (Fsp3) is 0.464. The molecule has 196 valence electrons. The lowest BCUT2D eigenvalue weighted by molar-refractivity contribution is 0.0569. The van der Waals surface area contributed by atoms with Crippen molar-refractivity contribution in [3.63, 3.8) is 0 Å². The van der Waals surface area contributed by atoms with Gasteiger partial charge in [0.2, 0.25) is 0 Å². The number of amides is 1. The van der Waals surface area contributed by atoms with Crippen LogP contribution in [-0.2, 0) is 6.54 Å². The number of likely N-dealkylation sites (tertiary alicyclic amines) is 1. The third-order valence-electron chi connectivity index (χ3n) is 7.31. The maximum absolute atomic E-state index is 13.0. The number of nitrogens with zero attached hydrogens (tertiary/aromatic N) is 5. The Morgan fingerprint density at radius 2 is 1.89 bits per heavy atom. The second kappa shape index (κ2) is 12.0. The highest BCUT2D eigenvalue weighted by molar-refractivity contribution is 6.30. The van der Waals surface area contributed by atoms with Gasteiger partial charge in [-0.05, 0) is 67.2 Å². The third-order valence-corrected chi connectivity index (χ3v) is 7.55. The molecule has 2 aromatic carbocycles. The van der Waals surface area contributed by atoms with Crippen LogP contribution < -0.4 is 9.64 Å². The van der Waals surface area contributed by atoms with Crippen molar-refractivity contribution in [3.8, 4) is 5.75 Å². The van der Waals surface area contributed by atoms with Crippen LogP contribution in [0.3, 0.4) is 0 Å². The number of aryl methyl sites for hydroxylation is 1. The van der Waals surface area contributed by atoms with Gasteiger partial charge in [-0.15, -0.1) is 0 Å². The molecule has 8 nitrogen and oxygen atoms in total. The number of carbonyl (C=O) groups is 1. The summed E-state index contributed by atoms with van der Waals surface area (Å²) in [4.78, 5) is 19.8. The molecule has 2 fully saturated rings. The van der Waals surface area contributed by atoms with Crippen molar-refractivity contribution in [2.45, 2.75) is 45.2 Å². The van der Waals surface area contributed by atoms with Crippen LogP contribution in [0.1, 0.15) is 47.4 Å². The maximum Gasteiger partial charge on any atom is 0.278 e. The van der Waals surface area contributed by atoms with E-state index in [1.54, 1.807) is 6.92 Å². The number of piperazine rings is 1. The molecule has 0 radical (unpaired) electrons. The molecule has 0 aliphatic carbocycles. The third kappa shape index (κ3) is 6.43. The van der Waals surface area contributed by atoms with E-state index in [9.17, 15) is 4.79 Å². The highest BCUT2D eigenvalue weighted by Gasteiger charge is 2.30. The first kappa shape index (κ1) is 25.5. The first-order valence-electron chi connectivity index (χ1n) is 13.1. The van der Waals surface area contributed by atoms with E-state index in [-0.39, 0.29) is 11.9 Å². The summed E-state index contributed by atoms with van der Waals surface area (Å²) in [5.41, 5.74) is 3.29. The summed E-state index contributed by atoms with van der Waals surface area (Å²) in [5.74, 6) is 0.779. The molecule has 3 heterocycles. The molecule has 2 aliphatic rings. The summed E-state index contributed by atoms with van der Waals surface area (Å²) in [6.07, 6.45) is 3.87. The molecule has 5 rings (SSSR count). The van der Waals surface area contributed by atoms with Gasteiger partial charge in [0.05, 0.1) is 6.61 Å². The predicted octanol–water partition coefficient (Wildman–Crippen LogP) is 4.82. The zero-order chi connectivity index (χ0) is 25.6. The number of hydrogen-bond donors (Lipinski definition) is 0. The molecule has 0 bridgehead atoms. The van der Waals surface area contributed by atoms with Crippen molar-refractivity contribution in [2.24, 2.45) is 0 Å². The van der Waals surface area contributed by atoms with E-state index in [2.05, 4.69) is 44.4 Å². The Morgan fingerprint density at radius 1 is 1.05 bits per heavy atom. The lowest BCUT2D eigenvalue weighted by Gasteiger charge is -2.36. The molecular weight excluding hydrogens is 490 g/mol. The van der Waals surface area contributed by atoms with Gasteiger partial charge in [0.25, 0.3) is 5.91 Å². The SMILES string of the molecule is Cc1nonc1C(=O)N1CCCCC1CCOc1cccc(CN2CCN(c3cccc(Cl)c3)CC2)c1. The molecule has 37 heavy (non-hydrogen) atoms. The van der Waals surface area contributed by atoms with Crippen molar-refractivity contribution in [2.75, 3.05) is 44.2 Å². The Bertz CT molecular complexity index is 1190. The zero-order valence-corrected chi connectivity index (χ0v) is 22.1. The molecule has 2 saturated heterocycles. The number of aromatic nitrogens is 2. The summed E-state index contributed by atoms with van der Waals surface area (Å²) < 4.78 is 10.9. The minimum Gasteiger partial charge on any atom is -0.494 e. The normalized spacial score (nSPS) is 18.7. The summed E-state index contributed by atoms with van der Waals surface area (Å²) in [7, 11) is 0. The largest absolute Gasteiger partial charge is 0.494 e. The van der Waals surface area contributed by atoms with Crippen LogP contribution in [0.15, 0.2) is 53.2 Å². The smallest absolute Gasteiger partial charge is 0.278 e. The molecule has 1 aromatic heterocycles. The summed E-state index contributed by atoms with van der Waals surface area (Å²) in [6, 6.07) is 16.6. The van der Waals surface area contributed by atoms with Gasteiger partial charge in [0, 0.05) is 62.4 Å². The van der Waals surface area contributed by atoms with E-state index >= 15 is 0 Å². The average molecular weight is 524 g/mol. The average Bonchev–Trinajstić information content (AvgIpc) is 3.35. The van der Waals surface area contributed by atoms with E-state index < -0.39 is 0 Å². The Balaban J connectivity index is 1.11. The number of halogens is 1. The van der Waals surface area contributed by atoms with E-state index in [0.29, 0.717) is 18.0 Å². The molecule has 2 aliphatic heterocycles. The van der Waals surface area contributed by atoms with Crippen LogP contribution in [0.4, 0.5) is 5.69 Å². The Labute approximate surface area is 223 Å². The standard InChI is InChI=1S/C28H34ClN5O3/c1-21-27(31-37-30-21)28(35)34-12-3-2-8-24(34)11-17-36-26-10-4-6-22(18-26)20-32-13-15-33(16-14-32)25-9-5-7-23(29)19-25/h4-7,9-10,18-19,24H,2-3,8,11-17,20H2,1H3. The van der Waals surface area contributed by atoms with Gasteiger partial charge in [-0.25, -0.2) is 4.63 Å². The number of anilines is 1. The molecule has 9 heteroatoms. The summed E-state index contributed by atoms with van der Waals surface area (Å²) in [5, 5.41) is 8.35. The Morgan fingerprint density at radius 3 is 2.68 bits per heavy atom. The number of carbonyl (C=O) groups excluding carboxylic acids is 1. The molecule has 0 spiro atoms. The molecule has 3 aromatic rings. The maximum atomic E-state index is 13.0. The van der Waals surface area contributed by atoms with Crippen molar-refractivity contribution >= 4 is 23.2 Å². The van der Waals surface area contributed by atoms with Crippen molar-refractivity contribution in [1.82, 2.24) is 20.1 Å². The molecule has 1 amide bonds. The number of piperidine rings is 1. The lowest BCUT2D eigenvalue weighted by atomic mass is 9.99. The Hall–Kier alpha value is -3.10. The minimum atomic E-state index is -0.0964. The molecular formula is C28H34ClN5O3. The molecule has 0 N–H and O–H groups in total. The number of benzene rings is 2. The van der Waals surface area contributed by atoms with Crippen molar-refractivity contribution in [3.05, 3.63) is 70.5 Å². The zero-order valence-electron chi connectivity index (χ0n) is 21.3. The van der Waals surface area contributed by atoms with Crippen LogP contribution in [-0.4, -0.2) is 71.4 Å². The van der Waals surface area contributed by atoms with Crippen molar-refractivity contribution in [1.29, 1.82) is 0 Å². The number of hydrogen-bond acceptors (Lipinski definition) is 7. The van der Waals surface area contributed by atoms with Gasteiger partial charge in [-0.1, -0.05) is 35.0 Å². The molecule has 0 saturated carbocycles. The molecule has 1 unspecified atom stereocenters. The number of ether oxygens (including phenoxy) is 1. The monoisotopic (exact) mass is 523 g/mol. The van der Waals surface area contributed by atoms with E-state index in [1.165, 1.54) is 11.3 Å². The lowest BCUT2D eigenvalue weighted by Crippen LogP contribution is -2.45. The van der Waals surface area contributed by atoms with Crippen LogP contribution in [0.5, 0.6) is 5.75 Å². The first-order chi connectivity index (χ1) is 18.1. The van der Waals surface area contributed by atoms with Gasteiger partial charge in [0.1, 0.15) is 11.4 Å². The van der Waals surface area contributed by atoms with Gasteiger partial charge < -0.3 is 14.5 Å². The van der Waals surface area contributed by atoms with Gasteiger partial charge in [-0.3, -0.25) is 9.69 Å². The summed E-state index contributed by atoms with van der Waals surface area (Å²) in [6.45, 7) is 7.91. The van der Waals surface area contributed by atoms with E-state index in [0.717, 1.165) is 75.7 Å². The minimum absolute atomic E-state index is 0.0964. The molecule has 1 atom stereocenters. The van der Waals surface area contributed by atoms with Gasteiger partial charge in [0.15, 0.2) is 5.69 Å². The second-order valence-corrected chi connectivity index (χ2v) is 10.3. The highest BCUT2D eigenvalue weighted by atomic mass is 35.5. The van der Waals surface area contributed by atoms with Gasteiger partial charge in [-0.2, -0.15) is 0 Å². The van der Waals surface area contributed by atoms with Crippen LogP contribution >= 0.6 is 11.6 Å². The van der Waals surface area contributed by atoms with E-state index in [1.807, 2.05) is 29.2 Å². The fourth-order valence-electron chi connectivity index (χ4n) is 5.27. The quantitative estimate of drug-likeness (QED) is 0.419. The highest BCUT2D eigenvalue weighted by Crippen LogP contribution is 2.24. The fourth-order valence-corrected chi connectivity index (χ4v) is 5.46. The first-order valence-corrected chi connectivity index (χ1v) is 13.5. The topological polar surface area (TPSA) is 74.9 Å². The van der Waals surface area contributed by atoms with Gasteiger partial charge >= 0.3 is 0 Å². The predicted molar refractivity (Wildman–Crippen MR) is 143 cm³/mol. The summed E-state index contributed by atoms with van der Waals surface area (Å²) >= 11 is 6.17. The van der Waals surface area contributed by atoms with Crippen LogP contribution in [0, 0.1) is 6.92 Å². The Kier molecular flexibility index (Phi) is 8.26.